The standard InChI is InChI=1S/C21H30N4O3/c1-25(2)10-11-28-18-7-5-6-16(12-18)14-23-21(22)24-15-17-8-9-19(26-3)20(13-17)27-4/h5-9,12-13H,10-11,14-15H2,1-4H3,(H3,22,23,24). The molecule has 0 spiro atoms. The Balaban J connectivity index is 1.87. The SMILES string of the molecule is COc1ccc(CNC(N)=NCc2cccc(OCCN(C)C)c2)cc1OC. The molecular formula is C21H30N4O3. The van der Waals surface area contributed by atoms with E-state index >= 15 is 0 Å². The lowest BCUT2D eigenvalue weighted by Crippen LogP contribution is -2.31. The second-order valence-corrected chi connectivity index (χ2v) is 6.54. The Hall–Kier alpha value is -2.93. The smallest absolute Gasteiger partial charge is 0.189 e. The molecule has 0 atom stereocenters. The maximum absolute atomic E-state index is 5.99. The largest absolute Gasteiger partial charge is 0.493 e. The number of aliphatic imine (C=N–C) groups is 1. The van der Waals surface area contributed by atoms with E-state index in [0.717, 1.165) is 23.4 Å². The van der Waals surface area contributed by atoms with Gasteiger partial charge < -0.3 is 30.2 Å². The van der Waals surface area contributed by atoms with E-state index in [0.29, 0.717) is 37.2 Å². The van der Waals surface area contributed by atoms with Gasteiger partial charge in [0.15, 0.2) is 17.5 Å². The van der Waals surface area contributed by atoms with Crippen molar-refractivity contribution in [2.24, 2.45) is 10.7 Å². The summed E-state index contributed by atoms with van der Waals surface area (Å²) in [5, 5.41) is 3.11. The van der Waals surface area contributed by atoms with Crippen LogP contribution in [-0.4, -0.2) is 52.3 Å². The van der Waals surface area contributed by atoms with Gasteiger partial charge in [0.2, 0.25) is 0 Å². The van der Waals surface area contributed by atoms with E-state index in [4.69, 9.17) is 19.9 Å². The third kappa shape index (κ3) is 7.00. The molecule has 0 amide bonds. The Morgan fingerprint density at radius 2 is 1.82 bits per heavy atom. The van der Waals surface area contributed by atoms with Crippen molar-refractivity contribution in [3.63, 3.8) is 0 Å². The molecule has 0 aliphatic heterocycles. The Morgan fingerprint density at radius 1 is 1.04 bits per heavy atom. The Morgan fingerprint density at radius 3 is 2.54 bits per heavy atom. The number of benzene rings is 2. The molecule has 0 aromatic heterocycles. The molecule has 0 fully saturated rings. The number of nitrogens with one attached hydrogen (secondary N) is 1. The molecule has 152 valence electrons. The Bertz CT molecular complexity index is 778. The molecular weight excluding hydrogens is 356 g/mol. The monoisotopic (exact) mass is 386 g/mol. The highest BCUT2D eigenvalue weighted by molar-refractivity contribution is 5.77. The van der Waals surface area contributed by atoms with Gasteiger partial charge >= 0.3 is 0 Å². The maximum Gasteiger partial charge on any atom is 0.189 e. The molecule has 2 aromatic rings. The lowest BCUT2D eigenvalue weighted by atomic mass is 10.2. The molecule has 0 unspecified atom stereocenters. The van der Waals surface area contributed by atoms with Gasteiger partial charge in [-0.2, -0.15) is 0 Å². The van der Waals surface area contributed by atoms with Crippen LogP contribution in [0.5, 0.6) is 17.2 Å². The van der Waals surface area contributed by atoms with Crippen molar-refractivity contribution in [1.82, 2.24) is 10.2 Å². The second-order valence-electron chi connectivity index (χ2n) is 6.54. The third-order valence-electron chi connectivity index (χ3n) is 4.06. The molecule has 3 N–H and O–H groups in total. The van der Waals surface area contributed by atoms with Crippen LogP contribution >= 0.6 is 0 Å². The van der Waals surface area contributed by atoms with Gasteiger partial charge in [0.25, 0.3) is 0 Å². The van der Waals surface area contributed by atoms with Crippen LogP contribution in [0.3, 0.4) is 0 Å². The zero-order chi connectivity index (χ0) is 20.4. The second kappa shape index (κ2) is 11.0. The summed E-state index contributed by atoms with van der Waals surface area (Å²) >= 11 is 0. The first kappa shape index (κ1) is 21.4. The first-order chi connectivity index (χ1) is 13.5. The lowest BCUT2D eigenvalue weighted by Gasteiger charge is -2.12. The molecule has 0 radical (unpaired) electrons. The summed E-state index contributed by atoms with van der Waals surface area (Å²) in [5.41, 5.74) is 8.05. The summed E-state index contributed by atoms with van der Waals surface area (Å²) < 4.78 is 16.3. The quantitative estimate of drug-likeness (QED) is 0.481. The molecule has 7 nitrogen and oxygen atoms in total. The van der Waals surface area contributed by atoms with E-state index in [9.17, 15) is 0 Å². The minimum atomic E-state index is 0.383. The van der Waals surface area contributed by atoms with Crippen LogP contribution in [0.15, 0.2) is 47.5 Å². The number of likely N-dealkylation sites (N-methyl/N-ethyl adjacent to an activating group) is 1. The molecule has 0 saturated heterocycles. The summed E-state index contributed by atoms with van der Waals surface area (Å²) in [4.78, 5) is 6.48. The Kier molecular flexibility index (Phi) is 8.42. The van der Waals surface area contributed by atoms with Crippen molar-refractivity contribution in [3.8, 4) is 17.2 Å². The number of ether oxygens (including phenoxy) is 3. The van der Waals surface area contributed by atoms with Crippen LogP contribution in [0.4, 0.5) is 0 Å². The summed E-state index contributed by atoms with van der Waals surface area (Å²) in [6, 6.07) is 13.6. The molecule has 2 rings (SSSR count). The van der Waals surface area contributed by atoms with E-state index in [1.54, 1.807) is 14.2 Å². The fraction of sp³-hybridized carbons (Fsp3) is 0.381. The average Bonchev–Trinajstić information content (AvgIpc) is 2.70. The average molecular weight is 386 g/mol. The van der Waals surface area contributed by atoms with Gasteiger partial charge in [-0.25, -0.2) is 4.99 Å². The molecule has 0 bridgehead atoms. The van der Waals surface area contributed by atoms with Crippen molar-refractivity contribution in [2.45, 2.75) is 13.1 Å². The summed E-state index contributed by atoms with van der Waals surface area (Å²) in [6.45, 7) is 2.54. The van der Waals surface area contributed by atoms with E-state index in [1.807, 2.05) is 56.6 Å². The fourth-order valence-electron chi connectivity index (χ4n) is 2.50. The first-order valence-corrected chi connectivity index (χ1v) is 9.13. The van der Waals surface area contributed by atoms with E-state index in [2.05, 4.69) is 15.2 Å². The molecule has 0 aliphatic carbocycles. The molecule has 7 heteroatoms. The number of nitrogens with two attached hydrogens (primary N) is 1. The zero-order valence-corrected chi connectivity index (χ0v) is 17.1. The van der Waals surface area contributed by atoms with Crippen LogP contribution < -0.4 is 25.3 Å². The minimum absolute atomic E-state index is 0.383. The summed E-state index contributed by atoms with van der Waals surface area (Å²) in [6.07, 6.45) is 0. The number of guanidine groups is 1. The predicted molar refractivity (Wildman–Crippen MR) is 112 cm³/mol. The molecule has 0 saturated carbocycles. The lowest BCUT2D eigenvalue weighted by molar-refractivity contribution is 0.261. The van der Waals surface area contributed by atoms with Crippen molar-refractivity contribution in [2.75, 3.05) is 41.5 Å². The number of rotatable bonds is 10. The molecule has 28 heavy (non-hydrogen) atoms. The van der Waals surface area contributed by atoms with Gasteiger partial charge in [0, 0.05) is 13.1 Å². The number of hydrogen-bond acceptors (Lipinski definition) is 5. The van der Waals surface area contributed by atoms with Crippen molar-refractivity contribution in [1.29, 1.82) is 0 Å². The van der Waals surface area contributed by atoms with Crippen LogP contribution in [-0.2, 0) is 13.1 Å². The highest BCUT2D eigenvalue weighted by Crippen LogP contribution is 2.27. The van der Waals surface area contributed by atoms with Crippen LogP contribution in [0.1, 0.15) is 11.1 Å². The van der Waals surface area contributed by atoms with Crippen LogP contribution in [0.25, 0.3) is 0 Å². The topological polar surface area (TPSA) is 81.3 Å². The molecule has 0 heterocycles. The number of methoxy groups -OCH3 is 2. The van der Waals surface area contributed by atoms with Gasteiger partial charge in [-0.3, -0.25) is 0 Å². The Labute approximate surface area is 167 Å². The summed E-state index contributed by atoms with van der Waals surface area (Å²) in [5.74, 6) is 2.60. The van der Waals surface area contributed by atoms with E-state index in [1.165, 1.54) is 0 Å². The highest BCUT2D eigenvalue weighted by Gasteiger charge is 2.05. The van der Waals surface area contributed by atoms with Crippen LogP contribution in [0, 0.1) is 0 Å². The number of nitrogens with zero attached hydrogens (tertiary/aromatic N) is 2. The molecule has 0 aliphatic rings. The van der Waals surface area contributed by atoms with Gasteiger partial charge in [0.05, 0.1) is 20.8 Å². The van der Waals surface area contributed by atoms with Crippen LogP contribution in [0.2, 0.25) is 0 Å². The van der Waals surface area contributed by atoms with Crippen molar-refractivity contribution < 1.29 is 14.2 Å². The number of hydrogen-bond donors (Lipinski definition) is 2. The molecule has 2 aromatic carbocycles. The van der Waals surface area contributed by atoms with Gasteiger partial charge in [0.1, 0.15) is 12.4 Å². The minimum Gasteiger partial charge on any atom is -0.493 e. The predicted octanol–water partition coefficient (Wildman–Crippen LogP) is 2.25. The van der Waals surface area contributed by atoms with Gasteiger partial charge in [-0.15, -0.1) is 0 Å². The first-order valence-electron chi connectivity index (χ1n) is 9.13. The normalized spacial score (nSPS) is 11.4. The fourth-order valence-corrected chi connectivity index (χ4v) is 2.50. The van der Waals surface area contributed by atoms with Crippen molar-refractivity contribution >= 4 is 5.96 Å². The van der Waals surface area contributed by atoms with Crippen molar-refractivity contribution in [3.05, 3.63) is 53.6 Å². The van der Waals surface area contributed by atoms with E-state index < -0.39 is 0 Å². The summed E-state index contributed by atoms with van der Waals surface area (Å²) in [7, 11) is 7.27. The van der Waals surface area contributed by atoms with Gasteiger partial charge in [-0.1, -0.05) is 18.2 Å². The van der Waals surface area contributed by atoms with E-state index in [-0.39, 0.29) is 0 Å². The highest BCUT2D eigenvalue weighted by atomic mass is 16.5. The third-order valence-corrected chi connectivity index (χ3v) is 4.06. The van der Waals surface area contributed by atoms with Gasteiger partial charge in [-0.05, 0) is 49.5 Å². The zero-order valence-electron chi connectivity index (χ0n) is 17.1. The maximum atomic E-state index is 5.99.